The number of carbonyl (C=O) groups excluding carboxylic acids is 1. The number of aromatic nitrogens is 4. The quantitative estimate of drug-likeness (QED) is 0.474. The summed E-state index contributed by atoms with van der Waals surface area (Å²) in [4.78, 5) is 26.0. The number of primary amides is 1. The van der Waals surface area contributed by atoms with Gasteiger partial charge in [0.1, 0.15) is 5.52 Å². The van der Waals surface area contributed by atoms with Crippen molar-refractivity contribution in [3.8, 4) is 0 Å². The van der Waals surface area contributed by atoms with Gasteiger partial charge >= 0.3 is 0 Å². The Morgan fingerprint density at radius 2 is 1.97 bits per heavy atom. The fraction of sp³-hybridized carbons (Fsp3) is 0.500. The number of ether oxygens (including phenoxy) is 1. The zero-order valence-electron chi connectivity index (χ0n) is 19.3. The van der Waals surface area contributed by atoms with Crippen LogP contribution in [0.15, 0.2) is 30.5 Å². The average molecular weight is 484 g/mol. The summed E-state index contributed by atoms with van der Waals surface area (Å²) in [5.74, 6) is 0.974. The van der Waals surface area contributed by atoms with Crippen molar-refractivity contribution >= 4 is 46.3 Å². The molecule has 1 amide bonds. The Bertz CT molecular complexity index is 1180. The number of nitrogens with zero attached hydrogens (tertiary/aromatic N) is 4. The number of hydrogen-bond donors (Lipinski definition) is 3. The molecule has 3 aromatic rings. The molecule has 2 fully saturated rings. The molecule has 4 N–H and O–H groups in total. The summed E-state index contributed by atoms with van der Waals surface area (Å²) in [5, 5.41) is 7.58. The summed E-state index contributed by atoms with van der Waals surface area (Å²) in [5.41, 5.74) is 7.78. The Morgan fingerprint density at radius 3 is 2.68 bits per heavy atom. The average Bonchev–Trinajstić information content (AvgIpc) is 3.16. The Kier molecular flexibility index (Phi) is 6.31. The highest BCUT2D eigenvalue weighted by Crippen LogP contribution is 2.37. The molecule has 2 aromatic heterocycles. The molecule has 9 nitrogen and oxygen atoms in total. The number of imidazole rings is 1. The van der Waals surface area contributed by atoms with E-state index in [2.05, 4.69) is 27.1 Å². The van der Waals surface area contributed by atoms with Crippen LogP contribution in [0.2, 0.25) is 5.02 Å². The maximum atomic E-state index is 11.7. The molecule has 1 saturated heterocycles. The Balaban J connectivity index is 1.51. The minimum atomic E-state index is -0.218. The van der Waals surface area contributed by atoms with Crippen LogP contribution in [0.4, 0.5) is 17.6 Å². The van der Waals surface area contributed by atoms with Crippen LogP contribution in [-0.4, -0.2) is 44.2 Å². The highest BCUT2D eigenvalue weighted by molar-refractivity contribution is 6.30. The number of hydrogen-bond acceptors (Lipinski definition) is 7. The van der Waals surface area contributed by atoms with E-state index in [1.54, 1.807) is 6.20 Å². The largest absolute Gasteiger partial charge is 0.381 e. The second-order valence-corrected chi connectivity index (χ2v) is 9.99. The number of anilines is 3. The van der Waals surface area contributed by atoms with Crippen molar-refractivity contribution in [1.29, 1.82) is 0 Å². The number of nitrogens with one attached hydrogen (secondary N) is 2. The lowest BCUT2D eigenvalue weighted by Gasteiger charge is -2.34. The van der Waals surface area contributed by atoms with Gasteiger partial charge in [-0.05, 0) is 63.6 Å². The first-order chi connectivity index (χ1) is 16.4. The van der Waals surface area contributed by atoms with Gasteiger partial charge in [-0.15, -0.1) is 0 Å². The molecule has 3 heterocycles. The van der Waals surface area contributed by atoms with Crippen molar-refractivity contribution in [1.82, 2.24) is 19.5 Å². The van der Waals surface area contributed by atoms with Crippen LogP contribution < -0.4 is 16.4 Å². The van der Waals surface area contributed by atoms with Crippen molar-refractivity contribution < 1.29 is 9.53 Å². The van der Waals surface area contributed by atoms with Crippen LogP contribution in [0.1, 0.15) is 51.5 Å². The van der Waals surface area contributed by atoms with E-state index >= 15 is 0 Å². The summed E-state index contributed by atoms with van der Waals surface area (Å²) in [6, 6.07) is 7.68. The van der Waals surface area contributed by atoms with Crippen LogP contribution in [0.3, 0.4) is 0 Å². The zero-order chi connectivity index (χ0) is 23.7. The van der Waals surface area contributed by atoms with Gasteiger partial charge < -0.3 is 21.1 Å². The van der Waals surface area contributed by atoms with Gasteiger partial charge in [0.25, 0.3) is 0 Å². The highest BCUT2D eigenvalue weighted by atomic mass is 35.5. The fourth-order valence-electron chi connectivity index (χ4n) is 4.92. The molecular weight excluding hydrogens is 454 g/mol. The van der Waals surface area contributed by atoms with Gasteiger partial charge in [0, 0.05) is 41.4 Å². The van der Waals surface area contributed by atoms with Crippen molar-refractivity contribution in [3.05, 3.63) is 35.5 Å². The monoisotopic (exact) mass is 483 g/mol. The van der Waals surface area contributed by atoms with Crippen LogP contribution in [0, 0.1) is 5.92 Å². The number of amides is 1. The van der Waals surface area contributed by atoms with Crippen molar-refractivity contribution in [2.45, 2.75) is 57.0 Å². The molecule has 5 rings (SSSR count). The third-order valence-corrected chi connectivity index (χ3v) is 7.22. The molecule has 34 heavy (non-hydrogen) atoms. The lowest BCUT2D eigenvalue weighted by atomic mass is 9.85. The predicted octanol–water partition coefficient (Wildman–Crippen LogP) is 4.42. The van der Waals surface area contributed by atoms with Gasteiger partial charge in [0.15, 0.2) is 5.65 Å². The first kappa shape index (κ1) is 22.9. The number of fused-ring (bicyclic) bond motifs is 1. The normalized spacial score (nSPS) is 22.4. The predicted molar refractivity (Wildman–Crippen MR) is 132 cm³/mol. The number of nitrogens with two attached hydrogens (primary N) is 1. The first-order valence-electron chi connectivity index (χ1n) is 11.8. The molecule has 0 spiro atoms. The lowest BCUT2D eigenvalue weighted by Crippen LogP contribution is -2.41. The summed E-state index contributed by atoms with van der Waals surface area (Å²) in [6.45, 7) is 3.62. The minimum absolute atomic E-state index is 0.0734. The lowest BCUT2D eigenvalue weighted by molar-refractivity contribution is -0.122. The van der Waals surface area contributed by atoms with Gasteiger partial charge in [-0.2, -0.15) is 4.98 Å². The third kappa shape index (κ3) is 4.81. The molecule has 1 saturated carbocycles. The van der Waals surface area contributed by atoms with Gasteiger partial charge in [-0.3, -0.25) is 9.36 Å². The first-order valence-corrected chi connectivity index (χ1v) is 12.2. The van der Waals surface area contributed by atoms with Crippen molar-refractivity contribution in [2.75, 3.05) is 23.8 Å². The molecule has 0 unspecified atom stereocenters. The number of rotatable bonds is 6. The molecule has 0 radical (unpaired) electrons. The van der Waals surface area contributed by atoms with E-state index in [1.165, 1.54) is 0 Å². The van der Waals surface area contributed by atoms with Crippen molar-refractivity contribution in [3.63, 3.8) is 0 Å². The van der Waals surface area contributed by atoms with E-state index in [-0.39, 0.29) is 23.4 Å². The van der Waals surface area contributed by atoms with E-state index in [4.69, 9.17) is 32.0 Å². The molecular formula is C24H30ClN7O2. The molecule has 0 bridgehead atoms. The van der Waals surface area contributed by atoms with Crippen LogP contribution in [0.5, 0.6) is 0 Å². The standard InChI is InChI=1S/C24H30ClN7O2/c1-24(9-11-34-12-10-24)31-22-27-14-19-21(30-22)32(18-7-5-15(6-8-18)20(26)33)23(29-19)28-17-4-2-3-16(25)13-17/h2-4,13-15,18H,5-12H2,1H3,(H2,26,33)(H,28,29)(H,27,30,31)/t15-,18-. The Hall–Kier alpha value is -2.91. The number of benzene rings is 1. The number of carbonyl (C=O) groups is 1. The summed E-state index contributed by atoms with van der Waals surface area (Å²) in [6.07, 6.45) is 6.71. The third-order valence-electron chi connectivity index (χ3n) is 6.99. The van der Waals surface area contributed by atoms with E-state index in [1.807, 2.05) is 24.3 Å². The SMILES string of the molecule is CC1(Nc2ncc3nc(Nc4cccc(Cl)c4)n([C@H]4CC[C@H](C(N)=O)CC4)c3n2)CCOCC1. The summed E-state index contributed by atoms with van der Waals surface area (Å²) >= 11 is 6.20. The van der Waals surface area contributed by atoms with E-state index < -0.39 is 0 Å². The second-order valence-electron chi connectivity index (χ2n) is 9.55. The van der Waals surface area contributed by atoms with Gasteiger partial charge in [0.05, 0.1) is 6.20 Å². The smallest absolute Gasteiger partial charge is 0.225 e. The summed E-state index contributed by atoms with van der Waals surface area (Å²) in [7, 11) is 0. The van der Waals surface area contributed by atoms with Gasteiger partial charge in [0.2, 0.25) is 17.8 Å². The van der Waals surface area contributed by atoms with Crippen LogP contribution in [0.25, 0.3) is 11.2 Å². The Labute approximate surface area is 203 Å². The van der Waals surface area contributed by atoms with Gasteiger partial charge in [-0.25, -0.2) is 9.97 Å². The van der Waals surface area contributed by atoms with E-state index in [0.29, 0.717) is 22.4 Å². The maximum Gasteiger partial charge on any atom is 0.225 e. The van der Waals surface area contributed by atoms with Gasteiger partial charge in [-0.1, -0.05) is 17.7 Å². The topological polar surface area (TPSA) is 120 Å². The summed E-state index contributed by atoms with van der Waals surface area (Å²) < 4.78 is 7.67. The molecule has 2 aliphatic rings. The molecule has 1 aliphatic carbocycles. The zero-order valence-corrected chi connectivity index (χ0v) is 20.0. The minimum Gasteiger partial charge on any atom is -0.381 e. The molecule has 1 aliphatic heterocycles. The second kappa shape index (κ2) is 9.38. The van der Waals surface area contributed by atoms with Crippen LogP contribution in [-0.2, 0) is 9.53 Å². The fourth-order valence-corrected chi connectivity index (χ4v) is 5.11. The van der Waals surface area contributed by atoms with E-state index in [9.17, 15) is 4.79 Å². The highest BCUT2D eigenvalue weighted by Gasteiger charge is 2.31. The molecule has 180 valence electrons. The molecule has 0 atom stereocenters. The number of halogens is 1. The molecule has 10 heteroatoms. The molecule has 1 aromatic carbocycles. The van der Waals surface area contributed by atoms with E-state index in [0.717, 1.165) is 63.1 Å². The maximum absolute atomic E-state index is 11.7. The van der Waals surface area contributed by atoms with Crippen molar-refractivity contribution in [2.24, 2.45) is 11.7 Å². The Morgan fingerprint density at radius 1 is 1.21 bits per heavy atom. The van der Waals surface area contributed by atoms with Crippen LogP contribution >= 0.6 is 11.6 Å².